The van der Waals surface area contributed by atoms with Crippen molar-refractivity contribution >= 4 is 28.9 Å². The summed E-state index contributed by atoms with van der Waals surface area (Å²) in [6, 6.07) is 10.0. The molecule has 0 atom stereocenters. The summed E-state index contributed by atoms with van der Waals surface area (Å²) in [4.78, 5) is 26.9. The number of rotatable bonds is 3. The van der Waals surface area contributed by atoms with Gasteiger partial charge in [-0.15, -0.1) is 0 Å². The van der Waals surface area contributed by atoms with E-state index in [1.165, 1.54) is 13.1 Å². The van der Waals surface area contributed by atoms with E-state index in [9.17, 15) is 9.59 Å². The lowest BCUT2D eigenvalue weighted by atomic mass is 10.2. The Kier molecular flexibility index (Phi) is 3.95. The molecule has 2 rings (SSSR count). The SMILES string of the molecule is CC(=O)Nc1cccc(NC(=O)c2ccc(N)cn2)c1. The molecule has 0 bridgehead atoms. The number of hydrogen-bond donors (Lipinski definition) is 3. The maximum atomic E-state index is 12.0. The Morgan fingerprint density at radius 3 is 2.40 bits per heavy atom. The number of nitrogens with one attached hydrogen (secondary N) is 2. The third-order valence-corrected chi connectivity index (χ3v) is 2.46. The van der Waals surface area contributed by atoms with Crippen LogP contribution in [0.25, 0.3) is 0 Å². The van der Waals surface area contributed by atoms with Gasteiger partial charge < -0.3 is 16.4 Å². The van der Waals surface area contributed by atoms with E-state index in [1.807, 2.05) is 0 Å². The van der Waals surface area contributed by atoms with Crippen LogP contribution in [0.5, 0.6) is 0 Å². The Morgan fingerprint density at radius 1 is 1.10 bits per heavy atom. The average Bonchev–Trinajstić information content (AvgIpc) is 2.39. The maximum Gasteiger partial charge on any atom is 0.274 e. The minimum atomic E-state index is -0.343. The monoisotopic (exact) mass is 270 g/mol. The highest BCUT2D eigenvalue weighted by atomic mass is 16.2. The molecule has 0 spiro atoms. The molecule has 6 heteroatoms. The van der Waals surface area contributed by atoms with Crippen molar-refractivity contribution in [1.82, 2.24) is 4.98 Å². The van der Waals surface area contributed by atoms with E-state index in [4.69, 9.17) is 5.73 Å². The van der Waals surface area contributed by atoms with E-state index < -0.39 is 0 Å². The zero-order valence-corrected chi connectivity index (χ0v) is 10.9. The number of carbonyl (C=O) groups is 2. The Balaban J connectivity index is 2.11. The molecule has 6 nitrogen and oxygen atoms in total. The minimum Gasteiger partial charge on any atom is -0.397 e. The molecule has 102 valence electrons. The summed E-state index contributed by atoms with van der Waals surface area (Å²) in [5.41, 5.74) is 7.45. The standard InChI is InChI=1S/C14H14N4O2/c1-9(19)17-11-3-2-4-12(7-11)18-14(20)13-6-5-10(15)8-16-13/h2-8H,15H2,1H3,(H,17,19)(H,18,20). The number of nitrogen functional groups attached to an aromatic ring is 1. The summed E-state index contributed by atoms with van der Waals surface area (Å²) in [7, 11) is 0. The van der Waals surface area contributed by atoms with Crippen LogP contribution in [0.15, 0.2) is 42.6 Å². The first kappa shape index (κ1) is 13.5. The van der Waals surface area contributed by atoms with Gasteiger partial charge in [-0.2, -0.15) is 0 Å². The number of pyridine rings is 1. The molecule has 2 amide bonds. The Bertz CT molecular complexity index is 638. The number of anilines is 3. The van der Waals surface area contributed by atoms with Gasteiger partial charge in [0.1, 0.15) is 5.69 Å². The van der Waals surface area contributed by atoms with Gasteiger partial charge in [-0.1, -0.05) is 6.07 Å². The van der Waals surface area contributed by atoms with Crippen LogP contribution in [0.2, 0.25) is 0 Å². The third-order valence-electron chi connectivity index (χ3n) is 2.46. The molecule has 1 aromatic heterocycles. The summed E-state index contributed by atoms with van der Waals surface area (Å²) in [6.07, 6.45) is 1.42. The molecule has 0 aliphatic carbocycles. The zero-order chi connectivity index (χ0) is 14.5. The number of carbonyl (C=O) groups excluding carboxylic acids is 2. The molecular formula is C14H14N4O2. The highest BCUT2D eigenvalue weighted by Crippen LogP contribution is 2.16. The second kappa shape index (κ2) is 5.83. The van der Waals surface area contributed by atoms with Crippen molar-refractivity contribution in [1.29, 1.82) is 0 Å². The Morgan fingerprint density at radius 2 is 1.80 bits per heavy atom. The van der Waals surface area contributed by atoms with Crippen LogP contribution < -0.4 is 16.4 Å². The molecule has 4 N–H and O–H groups in total. The lowest BCUT2D eigenvalue weighted by Crippen LogP contribution is -2.14. The number of nitrogens with two attached hydrogens (primary N) is 1. The molecule has 1 aromatic carbocycles. The van der Waals surface area contributed by atoms with Gasteiger partial charge in [0.2, 0.25) is 5.91 Å². The van der Waals surface area contributed by atoms with Gasteiger partial charge in [0.15, 0.2) is 0 Å². The quantitative estimate of drug-likeness (QED) is 0.793. The van der Waals surface area contributed by atoms with Crippen molar-refractivity contribution in [2.45, 2.75) is 6.92 Å². The second-order valence-corrected chi connectivity index (χ2v) is 4.19. The summed E-state index contributed by atoms with van der Waals surface area (Å²) in [5, 5.41) is 5.34. The highest BCUT2D eigenvalue weighted by Gasteiger charge is 2.07. The van der Waals surface area contributed by atoms with Crippen molar-refractivity contribution in [3.05, 3.63) is 48.3 Å². The first-order valence-electron chi connectivity index (χ1n) is 5.95. The summed E-state index contributed by atoms with van der Waals surface area (Å²) in [6.45, 7) is 1.42. The number of nitrogens with zero attached hydrogens (tertiary/aromatic N) is 1. The molecule has 0 saturated carbocycles. The molecule has 2 aromatic rings. The minimum absolute atomic E-state index is 0.173. The first-order chi connectivity index (χ1) is 9.54. The van der Waals surface area contributed by atoms with E-state index in [1.54, 1.807) is 36.4 Å². The largest absolute Gasteiger partial charge is 0.397 e. The van der Waals surface area contributed by atoms with Gasteiger partial charge in [-0.05, 0) is 30.3 Å². The first-order valence-corrected chi connectivity index (χ1v) is 5.95. The Hall–Kier alpha value is -2.89. The third kappa shape index (κ3) is 3.55. The number of amides is 2. The van der Waals surface area contributed by atoms with Gasteiger partial charge in [0.05, 0.1) is 11.9 Å². The van der Waals surface area contributed by atoms with Crippen LogP contribution in [0.3, 0.4) is 0 Å². The van der Waals surface area contributed by atoms with E-state index in [2.05, 4.69) is 15.6 Å². The average molecular weight is 270 g/mol. The van der Waals surface area contributed by atoms with Crippen LogP contribution in [0, 0.1) is 0 Å². The predicted octanol–water partition coefficient (Wildman–Crippen LogP) is 1.87. The normalized spacial score (nSPS) is 9.85. The van der Waals surface area contributed by atoms with Crippen molar-refractivity contribution in [2.24, 2.45) is 0 Å². The van der Waals surface area contributed by atoms with Crippen LogP contribution in [-0.2, 0) is 4.79 Å². The van der Waals surface area contributed by atoms with Gasteiger partial charge in [-0.3, -0.25) is 9.59 Å². The van der Waals surface area contributed by atoms with E-state index in [-0.39, 0.29) is 17.5 Å². The smallest absolute Gasteiger partial charge is 0.274 e. The topological polar surface area (TPSA) is 97.1 Å². The van der Waals surface area contributed by atoms with E-state index in [0.29, 0.717) is 17.1 Å². The fraction of sp³-hybridized carbons (Fsp3) is 0.0714. The van der Waals surface area contributed by atoms with Crippen LogP contribution in [0.1, 0.15) is 17.4 Å². The van der Waals surface area contributed by atoms with Crippen LogP contribution >= 0.6 is 0 Å². The molecule has 0 radical (unpaired) electrons. The fourth-order valence-corrected chi connectivity index (χ4v) is 1.61. The van der Waals surface area contributed by atoms with E-state index >= 15 is 0 Å². The van der Waals surface area contributed by atoms with Crippen LogP contribution in [-0.4, -0.2) is 16.8 Å². The van der Waals surface area contributed by atoms with Gasteiger partial charge in [0.25, 0.3) is 5.91 Å². The van der Waals surface area contributed by atoms with E-state index in [0.717, 1.165) is 0 Å². The maximum absolute atomic E-state index is 12.0. The van der Waals surface area contributed by atoms with Crippen molar-refractivity contribution in [3.63, 3.8) is 0 Å². The summed E-state index contributed by atoms with van der Waals surface area (Å²) >= 11 is 0. The molecule has 0 aliphatic heterocycles. The van der Waals surface area contributed by atoms with Gasteiger partial charge in [0, 0.05) is 18.3 Å². The van der Waals surface area contributed by atoms with Crippen LogP contribution in [0.4, 0.5) is 17.1 Å². The Labute approximate surface area is 116 Å². The van der Waals surface area contributed by atoms with Gasteiger partial charge in [-0.25, -0.2) is 4.98 Å². The summed E-state index contributed by atoms with van der Waals surface area (Å²) < 4.78 is 0. The molecule has 0 unspecified atom stereocenters. The second-order valence-electron chi connectivity index (χ2n) is 4.19. The molecule has 0 aliphatic rings. The molecule has 1 heterocycles. The van der Waals surface area contributed by atoms with Crippen molar-refractivity contribution < 1.29 is 9.59 Å². The molecule has 0 saturated heterocycles. The highest BCUT2D eigenvalue weighted by molar-refractivity contribution is 6.03. The number of benzene rings is 1. The van der Waals surface area contributed by atoms with Crippen molar-refractivity contribution in [3.8, 4) is 0 Å². The molecule has 20 heavy (non-hydrogen) atoms. The molecular weight excluding hydrogens is 256 g/mol. The zero-order valence-electron chi connectivity index (χ0n) is 10.9. The number of hydrogen-bond acceptors (Lipinski definition) is 4. The molecule has 0 fully saturated rings. The lowest BCUT2D eigenvalue weighted by Gasteiger charge is -2.07. The lowest BCUT2D eigenvalue weighted by molar-refractivity contribution is -0.114. The number of aromatic nitrogens is 1. The van der Waals surface area contributed by atoms with Crippen molar-refractivity contribution in [2.75, 3.05) is 16.4 Å². The predicted molar refractivity (Wildman–Crippen MR) is 77.3 cm³/mol. The fourth-order valence-electron chi connectivity index (χ4n) is 1.61. The van der Waals surface area contributed by atoms with Gasteiger partial charge >= 0.3 is 0 Å². The summed E-state index contributed by atoms with van der Waals surface area (Å²) in [5.74, 6) is -0.515.